The van der Waals surface area contributed by atoms with Crippen LogP contribution in [0.15, 0.2) is 66.9 Å². The number of aromatic nitrogens is 2. The van der Waals surface area contributed by atoms with E-state index in [1.807, 2.05) is 60.7 Å². The topological polar surface area (TPSA) is 73.1 Å². The number of nitrogens with two attached hydrogens (primary N) is 1. The lowest BCUT2D eigenvalue weighted by Crippen LogP contribution is -2.12. The molecule has 0 saturated heterocycles. The predicted octanol–water partition coefficient (Wildman–Crippen LogP) is 3.22. The van der Waals surface area contributed by atoms with Gasteiger partial charge in [0.05, 0.1) is 6.54 Å². The summed E-state index contributed by atoms with van der Waals surface area (Å²) in [5.41, 5.74) is 7.39. The van der Waals surface area contributed by atoms with Gasteiger partial charge in [-0.2, -0.15) is 0 Å². The van der Waals surface area contributed by atoms with E-state index in [9.17, 15) is 0 Å². The molecular weight excluding hydrogens is 288 g/mol. The van der Waals surface area contributed by atoms with Crippen molar-refractivity contribution in [2.75, 3.05) is 24.2 Å². The first-order valence-electron chi connectivity index (χ1n) is 7.42. The molecule has 3 N–H and O–H groups in total. The van der Waals surface area contributed by atoms with Gasteiger partial charge >= 0.3 is 0 Å². The molecule has 3 aromatic rings. The van der Waals surface area contributed by atoms with Crippen LogP contribution >= 0.6 is 0 Å². The summed E-state index contributed by atoms with van der Waals surface area (Å²) in [5.74, 6) is 2.26. The fourth-order valence-corrected chi connectivity index (χ4v) is 2.14. The zero-order chi connectivity index (χ0) is 15.9. The molecule has 0 aliphatic rings. The van der Waals surface area contributed by atoms with E-state index in [1.54, 1.807) is 6.20 Å². The monoisotopic (exact) mass is 306 g/mol. The zero-order valence-corrected chi connectivity index (χ0v) is 12.6. The molecule has 5 heteroatoms. The number of para-hydroxylation sites is 1. The number of hydrogen-bond donors (Lipinski definition) is 2. The summed E-state index contributed by atoms with van der Waals surface area (Å²) in [6.07, 6.45) is 1.73. The molecule has 0 fully saturated rings. The first kappa shape index (κ1) is 14.8. The van der Waals surface area contributed by atoms with Gasteiger partial charge in [0.15, 0.2) is 5.82 Å². The van der Waals surface area contributed by atoms with E-state index in [0.29, 0.717) is 24.7 Å². The van der Waals surface area contributed by atoms with Crippen LogP contribution in [0.2, 0.25) is 0 Å². The molecule has 0 aliphatic carbocycles. The van der Waals surface area contributed by atoms with Crippen molar-refractivity contribution < 1.29 is 4.74 Å². The van der Waals surface area contributed by atoms with Crippen molar-refractivity contribution in [3.8, 4) is 17.1 Å². The predicted molar refractivity (Wildman–Crippen MR) is 92.3 cm³/mol. The Hall–Kier alpha value is -3.08. The van der Waals surface area contributed by atoms with Gasteiger partial charge in [-0.15, -0.1) is 0 Å². The average Bonchev–Trinajstić information content (AvgIpc) is 2.60. The summed E-state index contributed by atoms with van der Waals surface area (Å²) < 4.78 is 5.64. The Bertz CT molecular complexity index is 762. The molecule has 0 saturated carbocycles. The van der Waals surface area contributed by atoms with Crippen LogP contribution in [0.4, 0.5) is 11.5 Å². The molecule has 23 heavy (non-hydrogen) atoms. The maximum Gasteiger partial charge on any atom is 0.161 e. The molecule has 0 unspecified atom stereocenters. The molecule has 3 rings (SSSR count). The lowest BCUT2D eigenvalue weighted by Gasteiger charge is -2.09. The first-order chi connectivity index (χ1) is 11.3. The van der Waals surface area contributed by atoms with Crippen molar-refractivity contribution in [3.05, 3.63) is 66.9 Å². The second kappa shape index (κ2) is 7.26. The first-order valence-corrected chi connectivity index (χ1v) is 7.42. The van der Waals surface area contributed by atoms with Crippen molar-refractivity contribution >= 4 is 11.5 Å². The lowest BCUT2D eigenvalue weighted by molar-refractivity contribution is 0.333. The van der Waals surface area contributed by atoms with Crippen molar-refractivity contribution in [3.63, 3.8) is 0 Å². The summed E-state index contributed by atoms with van der Waals surface area (Å²) in [6, 6.07) is 19.1. The molecule has 0 spiro atoms. The van der Waals surface area contributed by atoms with E-state index in [0.717, 1.165) is 17.1 Å². The van der Waals surface area contributed by atoms with Crippen LogP contribution in [0, 0.1) is 0 Å². The van der Waals surface area contributed by atoms with Gasteiger partial charge in [0.2, 0.25) is 0 Å². The molecule has 0 atom stereocenters. The maximum atomic E-state index is 5.80. The molecule has 2 aromatic carbocycles. The Kier molecular flexibility index (Phi) is 4.69. The minimum Gasteiger partial charge on any atom is -0.492 e. The van der Waals surface area contributed by atoms with Gasteiger partial charge < -0.3 is 15.8 Å². The Balaban J connectivity index is 1.58. The van der Waals surface area contributed by atoms with Crippen LogP contribution < -0.4 is 15.8 Å². The second-order valence-electron chi connectivity index (χ2n) is 4.98. The van der Waals surface area contributed by atoms with Gasteiger partial charge in [-0.1, -0.05) is 30.3 Å². The number of anilines is 2. The number of nitrogens with zero attached hydrogens (tertiary/aromatic N) is 2. The third kappa shape index (κ3) is 4.20. The summed E-state index contributed by atoms with van der Waals surface area (Å²) in [6.45, 7) is 1.21. The molecule has 1 heterocycles. The third-order valence-corrected chi connectivity index (χ3v) is 3.22. The van der Waals surface area contributed by atoms with Crippen molar-refractivity contribution in [1.82, 2.24) is 9.97 Å². The number of hydrogen-bond acceptors (Lipinski definition) is 5. The fraction of sp³-hybridized carbons (Fsp3) is 0.111. The highest BCUT2D eigenvalue weighted by molar-refractivity contribution is 5.62. The largest absolute Gasteiger partial charge is 0.492 e. The van der Waals surface area contributed by atoms with E-state index in [2.05, 4.69) is 15.3 Å². The Labute approximate surface area is 135 Å². The van der Waals surface area contributed by atoms with Crippen LogP contribution in [0.3, 0.4) is 0 Å². The Morgan fingerprint density at radius 2 is 1.87 bits per heavy atom. The van der Waals surface area contributed by atoms with E-state index in [1.165, 1.54) is 0 Å². The quantitative estimate of drug-likeness (QED) is 0.540. The molecule has 0 radical (unpaired) electrons. The highest BCUT2D eigenvalue weighted by Crippen LogP contribution is 2.18. The van der Waals surface area contributed by atoms with Crippen LogP contribution in [0.5, 0.6) is 5.75 Å². The molecule has 0 amide bonds. The Morgan fingerprint density at radius 1 is 1.00 bits per heavy atom. The zero-order valence-electron chi connectivity index (χ0n) is 12.6. The minimum atomic E-state index is 0.557. The van der Waals surface area contributed by atoms with Crippen LogP contribution in [0.1, 0.15) is 0 Å². The lowest BCUT2D eigenvalue weighted by atomic mass is 10.2. The van der Waals surface area contributed by atoms with E-state index in [-0.39, 0.29) is 0 Å². The molecule has 0 bridgehead atoms. The van der Waals surface area contributed by atoms with Gasteiger partial charge in [-0.25, -0.2) is 9.97 Å². The number of nitrogen functional groups attached to an aromatic ring is 1. The van der Waals surface area contributed by atoms with Crippen molar-refractivity contribution in [2.24, 2.45) is 0 Å². The number of ether oxygens (including phenoxy) is 1. The normalized spacial score (nSPS) is 10.3. The highest BCUT2D eigenvalue weighted by Gasteiger charge is 2.03. The Morgan fingerprint density at radius 3 is 2.70 bits per heavy atom. The van der Waals surface area contributed by atoms with E-state index >= 15 is 0 Å². The molecule has 116 valence electrons. The van der Waals surface area contributed by atoms with Crippen LogP contribution in [-0.4, -0.2) is 23.1 Å². The van der Waals surface area contributed by atoms with Gasteiger partial charge in [0, 0.05) is 17.4 Å². The summed E-state index contributed by atoms with van der Waals surface area (Å²) in [4.78, 5) is 8.78. The maximum absolute atomic E-state index is 5.80. The molecule has 5 nitrogen and oxygen atoms in total. The minimum absolute atomic E-state index is 0.557. The fourth-order valence-electron chi connectivity index (χ4n) is 2.14. The van der Waals surface area contributed by atoms with Gasteiger partial charge in [-0.05, 0) is 30.3 Å². The standard InChI is InChI=1S/C18H18N4O/c19-15-6-4-5-14(13-15)18-21-10-9-17(22-18)20-11-12-23-16-7-2-1-3-8-16/h1-10,13H,11-12,19H2,(H,20,21,22). The molecule has 1 aromatic heterocycles. The molecular formula is C18H18N4O. The van der Waals surface area contributed by atoms with Gasteiger partial charge in [-0.3, -0.25) is 0 Å². The second-order valence-corrected chi connectivity index (χ2v) is 4.98. The van der Waals surface area contributed by atoms with E-state index in [4.69, 9.17) is 10.5 Å². The molecule has 0 aliphatic heterocycles. The summed E-state index contributed by atoms with van der Waals surface area (Å²) in [7, 11) is 0. The van der Waals surface area contributed by atoms with Gasteiger partial charge in [0.25, 0.3) is 0 Å². The van der Waals surface area contributed by atoms with Crippen LogP contribution in [0.25, 0.3) is 11.4 Å². The smallest absolute Gasteiger partial charge is 0.161 e. The number of nitrogens with one attached hydrogen (secondary N) is 1. The highest BCUT2D eigenvalue weighted by atomic mass is 16.5. The van der Waals surface area contributed by atoms with Crippen LogP contribution in [-0.2, 0) is 0 Å². The van der Waals surface area contributed by atoms with Crippen molar-refractivity contribution in [1.29, 1.82) is 0 Å². The summed E-state index contributed by atoms with van der Waals surface area (Å²) in [5, 5.41) is 3.23. The number of benzene rings is 2. The SMILES string of the molecule is Nc1cccc(-c2nccc(NCCOc3ccccc3)n2)c1. The number of rotatable bonds is 6. The van der Waals surface area contributed by atoms with Crippen molar-refractivity contribution in [2.45, 2.75) is 0 Å². The van der Waals surface area contributed by atoms with Gasteiger partial charge in [0.1, 0.15) is 18.2 Å². The average molecular weight is 306 g/mol. The third-order valence-electron chi connectivity index (χ3n) is 3.22. The summed E-state index contributed by atoms with van der Waals surface area (Å²) >= 11 is 0. The van der Waals surface area contributed by atoms with E-state index < -0.39 is 0 Å².